The van der Waals surface area contributed by atoms with Gasteiger partial charge in [-0.05, 0) is 12.2 Å². The molecule has 66 valence electrons. The fourth-order valence-corrected chi connectivity index (χ4v) is 1.23. The van der Waals surface area contributed by atoms with Crippen LogP contribution in [0.25, 0.3) is 0 Å². The Bertz CT molecular complexity index is 270. The Morgan fingerprint density at radius 1 is 1.75 bits per heavy atom. The van der Waals surface area contributed by atoms with Crippen molar-refractivity contribution in [2.75, 3.05) is 0 Å². The molecule has 0 saturated carbocycles. The lowest BCUT2D eigenvalue weighted by atomic mass is 9.92. The van der Waals surface area contributed by atoms with Gasteiger partial charge in [0.2, 0.25) is 0 Å². The number of aliphatic carboxylic acids is 1. The number of rotatable bonds is 1. The third-order valence-corrected chi connectivity index (χ3v) is 1.82. The van der Waals surface area contributed by atoms with Gasteiger partial charge in [0, 0.05) is 5.03 Å². The van der Waals surface area contributed by atoms with E-state index in [4.69, 9.17) is 22.4 Å². The van der Waals surface area contributed by atoms with E-state index in [0.717, 1.165) is 6.08 Å². The van der Waals surface area contributed by atoms with Crippen molar-refractivity contribution in [3.63, 3.8) is 0 Å². The summed E-state index contributed by atoms with van der Waals surface area (Å²) in [6, 6.07) is 0. The average molecular weight is 190 g/mol. The van der Waals surface area contributed by atoms with Crippen LogP contribution in [0.4, 0.5) is 0 Å². The molecule has 5 heteroatoms. The average Bonchev–Trinajstić information content (AvgIpc) is 1.82. The summed E-state index contributed by atoms with van der Waals surface area (Å²) >= 11 is 5.51. The summed E-state index contributed by atoms with van der Waals surface area (Å²) in [5, 5.41) is 18.2. The molecule has 0 spiro atoms. The van der Waals surface area contributed by atoms with E-state index >= 15 is 0 Å². The Balaban J connectivity index is 2.96. The van der Waals surface area contributed by atoms with E-state index in [1.54, 1.807) is 0 Å². The zero-order valence-electron chi connectivity index (χ0n) is 6.07. The predicted octanol–water partition coefficient (Wildman–Crippen LogP) is 0.0270. The second kappa shape index (κ2) is 2.90. The summed E-state index contributed by atoms with van der Waals surface area (Å²) < 4.78 is 0. The predicted molar refractivity (Wildman–Crippen MR) is 43.3 cm³/mol. The normalized spacial score (nSPS) is 34.6. The number of carboxylic acids is 1. The van der Waals surface area contributed by atoms with Crippen LogP contribution in [0.2, 0.25) is 0 Å². The molecule has 0 radical (unpaired) electrons. The number of hydrogen-bond acceptors (Lipinski definition) is 3. The van der Waals surface area contributed by atoms with Gasteiger partial charge in [0.15, 0.2) is 5.72 Å². The number of carbonyl (C=O) groups is 1. The summed E-state index contributed by atoms with van der Waals surface area (Å²) in [6.07, 6.45) is 3.75. The molecule has 1 aliphatic carbocycles. The van der Waals surface area contributed by atoms with Crippen LogP contribution in [0.1, 0.15) is 0 Å². The maximum Gasteiger partial charge on any atom is 0.315 e. The quantitative estimate of drug-likeness (QED) is 0.508. The smallest absolute Gasteiger partial charge is 0.315 e. The Morgan fingerprint density at radius 3 is 2.75 bits per heavy atom. The summed E-state index contributed by atoms with van der Waals surface area (Å²) in [4.78, 5) is 10.5. The van der Waals surface area contributed by atoms with Gasteiger partial charge in [0.1, 0.15) is 5.92 Å². The fourth-order valence-electron chi connectivity index (χ4n) is 0.981. The van der Waals surface area contributed by atoms with E-state index in [0.29, 0.717) is 0 Å². The molecule has 0 bridgehead atoms. The lowest BCUT2D eigenvalue weighted by molar-refractivity contribution is -0.146. The zero-order chi connectivity index (χ0) is 9.35. The second-order valence-corrected chi connectivity index (χ2v) is 3.03. The molecule has 2 atom stereocenters. The molecule has 0 saturated heterocycles. The highest BCUT2D eigenvalue weighted by atomic mass is 35.5. The van der Waals surface area contributed by atoms with Crippen molar-refractivity contribution in [1.82, 2.24) is 0 Å². The molecule has 1 rings (SSSR count). The highest BCUT2D eigenvalue weighted by Gasteiger charge is 2.36. The van der Waals surface area contributed by atoms with Crippen molar-refractivity contribution in [3.05, 3.63) is 23.3 Å². The minimum Gasteiger partial charge on any atom is -0.481 e. The molecule has 4 nitrogen and oxygen atoms in total. The van der Waals surface area contributed by atoms with Gasteiger partial charge in [-0.25, -0.2) is 0 Å². The topological polar surface area (TPSA) is 83.5 Å². The number of halogens is 1. The van der Waals surface area contributed by atoms with E-state index in [9.17, 15) is 9.90 Å². The molecule has 2 unspecified atom stereocenters. The van der Waals surface area contributed by atoms with E-state index in [1.807, 2.05) is 0 Å². The number of carboxylic acid groups (broad SMARTS) is 1. The minimum absolute atomic E-state index is 0.234. The standard InChI is InChI=1S/C7H8ClNO3/c8-4-1-2-5(6(10)11)7(9,12)3-4/h1-3,5,12H,9H2,(H,10,11). The van der Waals surface area contributed by atoms with Crippen LogP contribution in [-0.4, -0.2) is 21.9 Å². The Kier molecular flexibility index (Phi) is 2.23. The van der Waals surface area contributed by atoms with Crippen molar-refractivity contribution in [1.29, 1.82) is 0 Å². The lowest BCUT2D eigenvalue weighted by Crippen LogP contribution is -2.49. The molecular formula is C7H8ClNO3. The van der Waals surface area contributed by atoms with Crippen LogP contribution >= 0.6 is 11.6 Å². The van der Waals surface area contributed by atoms with E-state index in [-0.39, 0.29) is 5.03 Å². The SMILES string of the molecule is NC1(O)C=C(Cl)C=CC1C(=O)O. The third-order valence-electron chi connectivity index (χ3n) is 1.58. The molecule has 12 heavy (non-hydrogen) atoms. The molecule has 0 fully saturated rings. The first-order chi connectivity index (χ1) is 5.43. The van der Waals surface area contributed by atoms with Crippen LogP contribution in [0.5, 0.6) is 0 Å². The third kappa shape index (κ3) is 1.66. The van der Waals surface area contributed by atoms with Crippen molar-refractivity contribution < 1.29 is 15.0 Å². The highest BCUT2D eigenvalue weighted by Crippen LogP contribution is 2.24. The highest BCUT2D eigenvalue weighted by molar-refractivity contribution is 6.31. The van der Waals surface area contributed by atoms with Crippen LogP contribution in [-0.2, 0) is 4.79 Å². The van der Waals surface area contributed by atoms with Crippen LogP contribution < -0.4 is 5.73 Å². The largest absolute Gasteiger partial charge is 0.481 e. The Morgan fingerprint density at radius 2 is 2.33 bits per heavy atom. The summed E-state index contributed by atoms with van der Waals surface area (Å²) in [7, 11) is 0. The molecule has 0 aromatic carbocycles. The van der Waals surface area contributed by atoms with Gasteiger partial charge < -0.3 is 10.2 Å². The van der Waals surface area contributed by atoms with Gasteiger partial charge in [0.05, 0.1) is 0 Å². The van der Waals surface area contributed by atoms with Crippen LogP contribution in [0, 0.1) is 5.92 Å². The molecule has 0 aromatic rings. The monoisotopic (exact) mass is 189 g/mol. The number of nitrogens with two attached hydrogens (primary N) is 1. The maximum absolute atomic E-state index is 10.5. The number of aliphatic hydroxyl groups is 1. The van der Waals surface area contributed by atoms with Gasteiger partial charge in [-0.3, -0.25) is 10.5 Å². The summed E-state index contributed by atoms with van der Waals surface area (Å²) in [5.41, 5.74) is 3.38. The molecule has 0 aliphatic heterocycles. The molecule has 0 heterocycles. The van der Waals surface area contributed by atoms with Gasteiger partial charge >= 0.3 is 5.97 Å². The van der Waals surface area contributed by atoms with Crippen molar-refractivity contribution in [2.24, 2.45) is 11.7 Å². The summed E-state index contributed by atoms with van der Waals surface area (Å²) in [5.74, 6) is -2.32. The van der Waals surface area contributed by atoms with Crippen molar-refractivity contribution in [3.8, 4) is 0 Å². The minimum atomic E-state index is -1.89. The fraction of sp³-hybridized carbons (Fsp3) is 0.286. The van der Waals surface area contributed by atoms with Gasteiger partial charge in [0.25, 0.3) is 0 Å². The first-order valence-corrected chi connectivity index (χ1v) is 3.62. The second-order valence-electron chi connectivity index (χ2n) is 2.59. The molecule has 1 aliphatic rings. The molecular weight excluding hydrogens is 182 g/mol. The van der Waals surface area contributed by atoms with Crippen LogP contribution in [0.15, 0.2) is 23.3 Å². The van der Waals surface area contributed by atoms with E-state index in [2.05, 4.69) is 0 Å². The zero-order valence-corrected chi connectivity index (χ0v) is 6.82. The Labute approximate surface area is 73.9 Å². The molecule has 0 amide bonds. The van der Waals surface area contributed by atoms with Gasteiger partial charge in [-0.15, -0.1) is 0 Å². The van der Waals surface area contributed by atoms with Gasteiger partial charge in [-0.2, -0.15) is 0 Å². The van der Waals surface area contributed by atoms with Crippen molar-refractivity contribution >= 4 is 17.6 Å². The first-order valence-electron chi connectivity index (χ1n) is 3.24. The van der Waals surface area contributed by atoms with E-state index < -0.39 is 17.6 Å². The maximum atomic E-state index is 10.5. The van der Waals surface area contributed by atoms with Crippen molar-refractivity contribution in [2.45, 2.75) is 5.72 Å². The summed E-state index contributed by atoms with van der Waals surface area (Å²) in [6.45, 7) is 0. The van der Waals surface area contributed by atoms with E-state index in [1.165, 1.54) is 12.2 Å². The Hall–Kier alpha value is -0.840. The first kappa shape index (κ1) is 9.25. The lowest BCUT2D eigenvalue weighted by Gasteiger charge is -2.26. The number of allylic oxidation sites excluding steroid dienone is 2. The molecule has 4 N–H and O–H groups in total. The molecule has 0 aromatic heterocycles. The van der Waals surface area contributed by atoms with Crippen LogP contribution in [0.3, 0.4) is 0 Å². The van der Waals surface area contributed by atoms with Gasteiger partial charge in [-0.1, -0.05) is 17.7 Å². The number of hydrogen-bond donors (Lipinski definition) is 3.